The van der Waals surface area contributed by atoms with E-state index < -0.39 is 23.7 Å². The molecule has 0 unspecified atom stereocenters. The van der Waals surface area contributed by atoms with E-state index in [1.165, 1.54) is 24.3 Å². The van der Waals surface area contributed by atoms with Crippen LogP contribution in [0.1, 0.15) is 16.7 Å². The van der Waals surface area contributed by atoms with Crippen LogP contribution >= 0.6 is 11.6 Å². The number of urea groups is 1. The number of benzene rings is 3. The number of hydrogen-bond acceptors (Lipinski definition) is 4. The number of nitrogens with zero attached hydrogens (tertiary/aromatic N) is 2. The van der Waals surface area contributed by atoms with Crippen LogP contribution in [-0.4, -0.2) is 24.4 Å². The summed E-state index contributed by atoms with van der Waals surface area (Å²) in [5, 5.41) is 2.84. The number of amides is 4. The molecule has 0 aromatic heterocycles. The molecule has 8 heteroatoms. The van der Waals surface area contributed by atoms with Crippen LogP contribution in [0.5, 0.6) is 0 Å². The van der Waals surface area contributed by atoms with Crippen molar-refractivity contribution in [2.45, 2.75) is 13.0 Å². The van der Waals surface area contributed by atoms with E-state index in [-0.39, 0.29) is 11.3 Å². The first-order valence-electron chi connectivity index (χ1n) is 10.7. The normalized spacial score (nSPS) is 16.8. The highest BCUT2D eigenvalue weighted by Gasteiger charge is 2.38. The summed E-state index contributed by atoms with van der Waals surface area (Å²) in [6.07, 6.45) is 2.23. The molecule has 2 aliphatic rings. The van der Waals surface area contributed by atoms with E-state index in [2.05, 4.69) is 10.2 Å². The van der Waals surface area contributed by atoms with Crippen LogP contribution in [-0.2, 0) is 22.6 Å². The molecule has 5 rings (SSSR count). The van der Waals surface area contributed by atoms with Crippen LogP contribution in [0.3, 0.4) is 0 Å². The van der Waals surface area contributed by atoms with Gasteiger partial charge in [-0.3, -0.25) is 14.9 Å². The fourth-order valence-electron chi connectivity index (χ4n) is 4.25. The molecule has 0 spiro atoms. The predicted octanol–water partition coefficient (Wildman–Crippen LogP) is 4.71. The van der Waals surface area contributed by atoms with Crippen LogP contribution in [0.2, 0.25) is 5.02 Å². The standard InChI is InChI=1S/C26H19ClFN3O3/c27-20-6-2-1-5-18(20)15-30-12-11-17-13-16(9-10-22(17)30)14-19-24(32)29-26(34)31(25(19)33)23-8-4-3-7-21(23)28/h1-10,13-14H,11-12,15H2,(H,29,32,34). The highest BCUT2D eigenvalue weighted by atomic mass is 35.5. The van der Waals surface area contributed by atoms with Gasteiger partial charge >= 0.3 is 6.03 Å². The van der Waals surface area contributed by atoms with Crippen LogP contribution < -0.4 is 15.1 Å². The molecule has 0 atom stereocenters. The maximum atomic E-state index is 14.2. The Kier molecular flexibility index (Phi) is 5.63. The monoisotopic (exact) mass is 475 g/mol. The van der Waals surface area contributed by atoms with Crippen LogP contribution in [0.15, 0.2) is 72.3 Å². The lowest BCUT2D eigenvalue weighted by Crippen LogP contribution is -2.54. The molecular formula is C26H19ClFN3O3. The SMILES string of the molecule is O=C1NC(=O)N(c2ccccc2F)C(=O)C1=Cc1ccc2c(c1)CCN2Cc1ccccc1Cl. The Morgan fingerprint density at radius 1 is 0.971 bits per heavy atom. The molecule has 3 aromatic carbocycles. The molecule has 0 radical (unpaired) electrons. The molecule has 1 N–H and O–H groups in total. The van der Waals surface area contributed by atoms with Crippen molar-refractivity contribution in [2.75, 3.05) is 16.3 Å². The Balaban J connectivity index is 1.43. The first kappa shape index (κ1) is 21.9. The zero-order valence-electron chi connectivity index (χ0n) is 17.9. The molecule has 4 amide bonds. The van der Waals surface area contributed by atoms with Gasteiger partial charge in [0.1, 0.15) is 11.4 Å². The molecule has 6 nitrogen and oxygen atoms in total. The van der Waals surface area contributed by atoms with Crippen molar-refractivity contribution in [1.29, 1.82) is 0 Å². The van der Waals surface area contributed by atoms with Crippen molar-refractivity contribution >= 4 is 46.9 Å². The van der Waals surface area contributed by atoms with Gasteiger partial charge in [0.25, 0.3) is 11.8 Å². The minimum Gasteiger partial charge on any atom is -0.367 e. The summed E-state index contributed by atoms with van der Waals surface area (Å²) >= 11 is 6.31. The predicted molar refractivity (Wildman–Crippen MR) is 128 cm³/mol. The quantitative estimate of drug-likeness (QED) is 0.438. The molecule has 34 heavy (non-hydrogen) atoms. The topological polar surface area (TPSA) is 69.7 Å². The largest absolute Gasteiger partial charge is 0.367 e. The molecule has 1 saturated heterocycles. The zero-order chi connectivity index (χ0) is 23.8. The lowest BCUT2D eigenvalue weighted by Gasteiger charge is -2.26. The summed E-state index contributed by atoms with van der Waals surface area (Å²) in [6.45, 7) is 1.49. The molecule has 0 aliphatic carbocycles. The third kappa shape index (κ3) is 3.95. The molecule has 0 saturated carbocycles. The third-order valence-corrected chi connectivity index (χ3v) is 6.29. The van der Waals surface area contributed by atoms with Gasteiger partial charge in [0.05, 0.1) is 5.69 Å². The zero-order valence-corrected chi connectivity index (χ0v) is 18.7. The van der Waals surface area contributed by atoms with E-state index >= 15 is 0 Å². The van der Waals surface area contributed by atoms with Gasteiger partial charge in [-0.25, -0.2) is 14.1 Å². The Labute approximate surface area is 200 Å². The van der Waals surface area contributed by atoms with Crippen LogP contribution in [0.4, 0.5) is 20.6 Å². The number of carbonyl (C=O) groups is 3. The first-order valence-corrected chi connectivity index (χ1v) is 11.1. The van der Waals surface area contributed by atoms with E-state index in [9.17, 15) is 18.8 Å². The number of rotatable bonds is 4. The number of carbonyl (C=O) groups excluding carboxylic acids is 3. The third-order valence-electron chi connectivity index (χ3n) is 5.92. The number of nitrogens with one attached hydrogen (secondary N) is 1. The van der Waals surface area contributed by atoms with Crippen molar-refractivity contribution in [1.82, 2.24) is 5.32 Å². The Hall–Kier alpha value is -3.97. The molecule has 2 aliphatic heterocycles. The molecule has 3 aromatic rings. The summed E-state index contributed by atoms with van der Waals surface area (Å²) in [6, 6.07) is 17.8. The smallest absolute Gasteiger partial charge is 0.336 e. The minimum absolute atomic E-state index is 0.215. The number of anilines is 2. The average molecular weight is 476 g/mol. The van der Waals surface area contributed by atoms with Crippen molar-refractivity contribution < 1.29 is 18.8 Å². The van der Waals surface area contributed by atoms with E-state index in [0.717, 1.165) is 35.8 Å². The van der Waals surface area contributed by atoms with Gasteiger partial charge in [0.15, 0.2) is 0 Å². The Morgan fingerprint density at radius 2 is 1.74 bits per heavy atom. The van der Waals surface area contributed by atoms with Gasteiger partial charge in [-0.05, 0) is 59.5 Å². The summed E-state index contributed by atoms with van der Waals surface area (Å²) in [4.78, 5) is 40.6. The van der Waals surface area contributed by atoms with E-state index in [1.54, 1.807) is 6.07 Å². The molecule has 170 valence electrons. The Bertz CT molecular complexity index is 1370. The highest BCUT2D eigenvalue weighted by Crippen LogP contribution is 2.32. The highest BCUT2D eigenvalue weighted by molar-refractivity contribution is 6.39. The van der Waals surface area contributed by atoms with Crippen LogP contribution in [0, 0.1) is 5.82 Å². The summed E-state index contributed by atoms with van der Waals surface area (Å²) in [5.74, 6) is -2.43. The number of fused-ring (bicyclic) bond motifs is 1. The van der Waals surface area contributed by atoms with Crippen LogP contribution in [0.25, 0.3) is 6.08 Å². The number of barbiturate groups is 1. The lowest BCUT2D eigenvalue weighted by molar-refractivity contribution is -0.122. The second kappa shape index (κ2) is 8.76. The van der Waals surface area contributed by atoms with E-state index in [4.69, 9.17) is 11.6 Å². The Morgan fingerprint density at radius 3 is 2.53 bits per heavy atom. The second-order valence-electron chi connectivity index (χ2n) is 8.06. The van der Waals surface area contributed by atoms with Crippen molar-refractivity contribution in [2.24, 2.45) is 0 Å². The van der Waals surface area contributed by atoms with Gasteiger partial charge in [-0.2, -0.15) is 0 Å². The van der Waals surface area contributed by atoms with Crippen molar-refractivity contribution in [3.8, 4) is 0 Å². The first-order chi connectivity index (χ1) is 16.4. The van der Waals surface area contributed by atoms with E-state index in [0.29, 0.717) is 22.0 Å². The van der Waals surface area contributed by atoms with Gasteiger partial charge in [0, 0.05) is 23.8 Å². The maximum Gasteiger partial charge on any atom is 0.336 e. The van der Waals surface area contributed by atoms with Gasteiger partial charge in [-0.15, -0.1) is 0 Å². The van der Waals surface area contributed by atoms with Crippen molar-refractivity contribution in [3.63, 3.8) is 0 Å². The number of hydrogen-bond donors (Lipinski definition) is 1. The molecule has 0 bridgehead atoms. The number of para-hydroxylation sites is 1. The molecular weight excluding hydrogens is 457 g/mol. The summed E-state index contributed by atoms with van der Waals surface area (Å²) < 4.78 is 14.2. The van der Waals surface area contributed by atoms with E-state index in [1.807, 2.05) is 36.4 Å². The summed E-state index contributed by atoms with van der Waals surface area (Å²) in [7, 11) is 0. The number of imide groups is 2. The minimum atomic E-state index is -0.985. The molecule has 1 fully saturated rings. The molecule has 2 heterocycles. The van der Waals surface area contributed by atoms with Crippen molar-refractivity contribution in [3.05, 3.63) is 99.8 Å². The van der Waals surface area contributed by atoms with Gasteiger partial charge in [-0.1, -0.05) is 48.0 Å². The summed E-state index contributed by atoms with van der Waals surface area (Å²) in [5.41, 5.74) is 3.35. The fraction of sp³-hybridized carbons (Fsp3) is 0.115. The lowest BCUT2D eigenvalue weighted by atomic mass is 10.0. The second-order valence-corrected chi connectivity index (χ2v) is 8.47. The maximum absolute atomic E-state index is 14.2. The fourth-order valence-corrected chi connectivity index (χ4v) is 4.45. The number of halogens is 2. The van der Waals surface area contributed by atoms with Gasteiger partial charge in [0.2, 0.25) is 0 Å². The van der Waals surface area contributed by atoms with Gasteiger partial charge < -0.3 is 4.90 Å². The average Bonchev–Trinajstić information content (AvgIpc) is 3.21.